The molecular weight excluding hydrogens is 543 g/mol. The van der Waals surface area contributed by atoms with Gasteiger partial charge in [0.05, 0.1) is 18.4 Å². The van der Waals surface area contributed by atoms with Crippen LogP contribution in [0.2, 0.25) is 0 Å². The number of nitrogen functional groups attached to an aromatic ring is 1. The average molecular weight is 575 g/mol. The molecule has 3 aromatic rings. The molecule has 0 saturated carbocycles. The lowest BCUT2D eigenvalue weighted by molar-refractivity contribution is -0.149. The molecule has 0 amide bonds. The van der Waals surface area contributed by atoms with Crippen molar-refractivity contribution in [2.24, 2.45) is 0 Å². The molecule has 0 spiro atoms. The average Bonchev–Trinajstić information content (AvgIpc) is 3.41. The van der Waals surface area contributed by atoms with Crippen LogP contribution in [0.4, 0.5) is 5.82 Å². The third kappa shape index (κ3) is 5.40. The van der Waals surface area contributed by atoms with E-state index in [1.54, 1.807) is 38.1 Å². The number of nitrogens with one attached hydrogen (secondary N) is 1. The van der Waals surface area contributed by atoms with E-state index in [0.717, 1.165) is 0 Å². The number of aromatic nitrogens is 3. The van der Waals surface area contributed by atoms with Gasteiger partial charge in [0.2, 0.25) is 5.60 Å². The number of hydrogen-bond acceptors (Lipinski definition) is 12. The monoisotopic (exact) mass is 574 g/mol. The van der Waals surface area contributed by atoms with Crippen molar-refractivity contribution in [2.45, 2.75) is 63.3 Å². The van der Waals surface area contributed by atoms with E-state index >= 15 is 0 Å². The zero-order valence-corrected chi connectivity index (χ0v) is 23.2. The Morgan fingerprint density at radius 3 is 2.65 bits per heavy atom. The number of nitrogens with zero attached hydrogens (tertiary/aromatic N) is 4. The largest absolute Gasteiger partial charge is 0.462 e. The highest BCUT2D eigenvalue weighted by Gasteiger charge is 2.65. The first kappa shape index (κ1) is 29.4. The van der Waals surface area contributed by atoms with Gasteiger partial charge in [-0.3, -0.25) is 9.32 Å². The lowest BCUT2D eigenvalue weighted by Crippen LogP contribution is -2.52. The van der Waals surface area contributed by atoms with E-state index < -0.39 is 55.9 Å². The Morgan fingerprint density at radius 2 is 2.00 bits per heavy atom. The quantitative estimate of drug-likeness (QED) is 0.201. The molecule has 14 nitrogen and oxygen atoms in total. The van der Waals surface area contributed by atoms with E-state index in [1.807, 2.05) is 6.07 Å². The lowest BCUT2D eigenvalue weighted by Gasteiger charge is -2.33. The summed E-state index contributed by atoms with van der Waals surface area (Å²) in [5, 5.41) is 39.3. The maximum atomic E-state index is 13.8. The number of fused-ring (bicyclic) bond motifs is 1. The number of para-hydroxylation sites is 1. The van der Waals surface area contributed by atoms with Gasteiger partial charge in [0.25, 0.3) is 0 Å². The summed E-state index contributed by atoms with van der Waals surface area (Å²) in [6, 6.07) is 12.0. The number of aliphatic hydroxyl groups is 2. The molecule has 3 heterocycles. The molecule has 0 radical (unpaired) electrons. The van der Waals surface area contributed by atoms with Crippen LogP contribution in [0.5, 0.6) is 5.75 Å². The van der Waals surface area contributed by atoms with Crippen molar-refractivity contribution in [3.05, 3.63) is 54.5 Å². The Balaban J connectivity index is 1.61. The van der Waals surface area contributed by atoms with Gasteiger partial charge in [-0.25, -0.2) is 14.1 Å². The Morgan fingerprint density at radius 1 is 1.30 bits per heavy atom. The predicted molar refractivity (Wildman–Crippen MR) is 141 cm³/mol. The van der Waals surface area contributed by atoms with Gasteiger partial charge in [0.1, 0.15) is 47.5 Å². The number of anilines is 1. The van der Waals surface area contributed by atoms with Crippen molar-refractivity contribution in [2.75, 3.05) is 12.3 Å². The summed E-state index contributed by atoms with van der Waals surface area (Å²) in [4.78, 5) is 16.3. The Kier molecular flexibility index (Phi) is 8.18. The molecule has 2 aromatic heterocycles. The van der Waals surface area contributed by atoms with Gasteiger partial charge in [-0.2, -0.15) is 15.4 Å². The van der Waals surface area contributed by atoms with Crippen molar-refractivity contribution in [1.82, 2.24) is 19.7 Å². The fourth-order valence-corrected chi connectivity index (χ4v) is 5.85. The molecule has 1 aliphatic heterocycles. The molecule has 6 atom stereocenters. The summed E-state index contributed by atoms with van der Waals surface area (Å²) in [5.74, 6) is -0.394. The fraction of sp³-hybridized carbons (Fsp3) is 0.440. The highest BCUT2D eigenvalue weighted by Crippen LogP contribution is 2.50. The Bertz CT molecular complexity index is 1460. The van der Waals surface area contributed by atoms with Gasteiger partial charge in [0, 0.05) is 0 Å². The molecule has 40 heavy (non-hydrogen) atoms. The van der Waals surface area contributed by atoms with E-state index in [2.05, 4.69) is 15.2 Å². The fourth-order valence-electron chi connectivity index (χ4n) is 4.35. The van der Waals surface area contributed by atoms with Crippen LogP contribution in [-0.2, 0) is 29.0 Å². The van der Waals surface area contributed by atoms with E-state index in [0.29, 0.717) is 5.52 Å². The molecule has 1 fully saturated rings. The number of ether oxygens (including phenoxy) is 2. The number of carbonyl (C=O) groups is 1. The van der Waals surface area contributed by atoms with Crippen molar-refractivity contribution in [3.63, 3.8) is 0 Å². The molecule has 1 saturated heterocycles. The molecule has 0 aliphatic carbocycles. The number of aliphatic hydroxyl groups excluding tert-OH is 1. The molecule has 1 aliphatic rings. The topological polar surface area (TPSA) is 204 Å². The zero-order valence-electron chi connectivity index (χ0n) is 22.3. The van der Waals surface area contributed by atoms with Crippen LogP contribution in [0, 0.1) is 11.3 Å². The highest BCUT2D eigenvalue weighted by atomic mass is 31.2. The number of nitrogens with two attached hydrogens (primary N) is 1. The summed E-state index contributed by atoms with van der Waals surface area (Å²) in [7, 11) is -4.32. The smallest absolute Gasteiger partial charge is 0.459 e. The van der Waals surface area contributed by atoms with Crippen molar-refractivity contribution < 1.29 is 38.1 Å². The maximum absolute atomic E-state index is 13.8. The maximum Gasteiger partial charge on any atom is 0.459 e. The normalized spacial score (nSPS) is 26.8. The number of carbonyl (C=O) groups excluding carboxylic acids is 1. The van der Waals surface area contributed by atoms with Crippen LogP contribution in [-0.4, -0.2) is 67.3 Å². The third-order valence-corrected chi connectivity index (χ3v) is 8.05. The summed E-state index contributed by atoms with van der Waals surface area (Å²) in [6.45, 7) is 5.38. The highest BCUT2D eigenvalue weighted by molar-refractivity contribution is 7.52. The van der Waals surface area contributed by atoms with Crippen LogP contribution >= 0.6 is 7.75 Å². The van der Waals surface area contributed by atoms with E-state index in [-0.39, 0.29) is 17.3 Å². The van der Waals surface area contributed by atoms with Gasteiger partial charge in [-0.1, -0.05) is 18.2 Å². The number of esters is 1. The van der Waals surface area contributed by atoms with E-state index in [4.69, 9.17) is 24.3 Å². The zero-order chi connectivity index (χ0) is 29.3. The number of rotatable bonds is 10. The SMILES string of the molecule is CC(C)OC(=O)[C@H](C)NP(=O)(OC[C@H]1O[C@@](C#N)(c2ccc3c(N)ncnn23)[C@](C)(O)C1O)Oc1ccccc1. The lowest BCUT2D eigenvalue weighted by atomic mass is 9.80. The second-order valence-corrected chi connectivity index (χ2v) is 11.4. The molecule has 214 valence electrons. The number of nitriles is 1. The van der Waals surface area contributed by atoms with Crippen molar-refractivity contribution in [1.29, 1.82) is 5.26 Å². The molecular formula is C25H31N6O8P. The van der Waals surface area contributed by atoms with E-state index in [9.17, 15) is 24.8 Å². The van der Waals surface area contributed by atoms with Crippen LogP contribution in [0.25, 0.3) is 5.52 Å². The number of hydrogen-bond donors (Lipinski definition) is 4. The summed E-state index contributed by atoms with van der Waals surface area (Å²) < 4.78 is 37.5. The van der Waals surface area contributed by atoms with Crippen LogP contribution in [0.15, 0.2) is 48.8 Å². The van der Waals surface area contributed by atoms with Crippen molar-refractivity contribution >= 4 is 25.1 Å². The molecule has 2 unspecified atom stereocenters. The molecule has 5 N–H and O–H groups in total. The summed E-state index contributed by atoms with van der Waals surface area (Å²) >= 11 is 0. The van der Waals surface area contributed by atoms with Crippen molar-refractivity contribution in [3.8, 4) is 11.8 Å². The third-order valence-electron chi connectivity index (χ3n) is 6.40. The molecule has 0 bridgehead atoms. The van der Waals surface area contributed by atoms with Gasteiger partial charge in [-0.15, -0.1) is 0 Å². The van der Waals surface area contributed by atoms with Gasteiger partial charge in [-0.05, 0) is 52.0 Å². The molecule has 1 aromatic carbocycles. The minimum Gasteiger partial charge on any atom is -0.462 e. The minimum atomic E-state index is -4.32. The Hall–Kier alpha value is -3.57. The second-order valence-electron chi connectivity index (χ2n) is 9.74. The molecule has 15 heteroatoms. The first-order valence-electron chi connectivity index (χ1n) is 12.4. The van der Waals surface area contributed by atoms with Crippen LogP contribution in [0.3, 0.4) is 0 Å². The number of benzene rings is 1. The summed E-state index contributed by atoms with van der Waals surface area (Å²) in [6.07, 6.45) is -2.30. The van der Waals surface area contributed by atoms with Crippen LogP contribution in [0.1, 0.15) is 33.4 Å². The van der Waals surface area contributed by atoms with Gasteiger partial charge in [0.15, 0.2) is 5.82 Å². The first-order chi connectivity index (χ1) is 18.8. The molecule has 4 rings (SSSR count). The minimum absolute atomic E-state index is 0.0811. The predicted octanol–water partition coefficient (Wildman–Crippen LogP) is 1.67. The summed E-state index contributed by atoms with van der Waals surface area (Å²) in [5.41, 5.74) is 2.02. The standard InChI is InChI=1S/C25H31N6O8P/c1-15(2)37-23(33)16(3)30-40(35,39-17-8-6-5-7-9-17)36-12-19-21(32)24(4,34)25(13-26,38-19)20-11-10-18-22(27)28-14-29-31(18)20/h5-11,14-16,19,21,32,34H,12H2,1-4H3,(H,30,35)(H2,27,28,29)/t16-,19+,21?,24+,25-,40?/m0/s1. The second kappa shape index (κ2) is 11.1. The Labute approximate surface area is 230 Å². The van der Waals surface area contributed by atoms with Gasteiger partial charge < -0.3 is 29.9 Å². The first-order valence-corrected chi connectivity index (χ1v) is 13.9. The van der Waals surface area contributed by atoms with Gasteiger partial charge >= 0.3 is 13.7 Å². The van der Waals surface area contributed by atoms with Crippen LogP contribution < -0.4 is 15.3 Å². The van der Waals surface area contributed by atoms with E-state index in [1.165, 1.54) is 42.9 Å².